The van der Waals surface area contributed by atoms with Crippen LogP contribution in [0.1, 0.15) is 45.2 Å². The Hall–Kier alpha value is -3.66. The third kappa shape index (κ3) is 4.02. The third-order valence-electron chi connectivity index (χ3n) is 4.74. The highest BCUT2D eigenvalue weighted by Gasteiger charge is 2.22. The molecule has 1 aromatic carbocycles. The van der Waals surface area contributed by atoms with Crippen LogP contribution in [0.3, 0.4) is 0 Å². The molecule has 31 heavy (non-hydrogen) atoms. The van der Waals surface area contributed by atoms with E-state index in [9.17, 15) is 14.0 Å². The molecule has 0 unspecified atom stereocenters. The molecule has 1 atom stereocenters. The number of esters is 1. The van der Waals surface area contributed by atoms with Gasteiger partial charge < -0.3 is 10.1 Å². The Balaban J connectivity index is 1.62. The molecule has 10 heteroatoms. The molecule has 0 spiro atoms. The topological polar surface area (TPSA) is 99.0 Å². The van der Waals surface area contributed by atoms with Crippen LogP contribution >= 0.6 is 11.3 Å². The number of halogens is 1. The first-order valence-electron chi connectivity index (χ1n) is 9.44. The van der Waals surface area contributed by atoms with E-state index in [0.29, 0.717) is 33.6 Å². The number of methoxy groups -OCH3 is 1. The van der Waals surface area contributed by atoms with Crippen LogP contribution in [0.15, 0.2) is 48.2 Å². The van der Waals surface area contributed by atoms with Crippen LogP contribution in [0.2, 0.25) is 0 Å². The van der Waals surface area contributed by atoms with Crippen molar-refractivity contribution >= 4 is 34.1 Å². The predicted molar refractivity (Wildman–Crippen MR) is 113 cm³/mol. The molecule has 3 heterocycles. The molecule has 1 amide bonds. The number of nitrogens with one attached hydrogen (secondary N) is 1. The van der Waals surface area contributed by atoms with E-state index in [2.05, 4.69) is 25.1 Å². The van der Waals surface area contributed by atoms with Crippen LogP contribution in [0, 0.1) is 5.82 Å². The Kier molecular flexibility index (Phi) is 5.72. The van der Waals surface area contributed by atoms with Gasteiger partial charge in [-0.05, 0) is 30.7 Å². The normalized spacial score (nSPS) is 12.0. The predicted octanol–water partition coefficient (Wildman–Crippen LogP) is 3.68. The number of fused-ring (bicyclic) bond motifs is 1. The molecule has 4 aromatic rings. The molecule has 4 rings (SSSR count). The minimum absolute atomic E-state index is 0.208. The number of carbonyl (C=O) groups excluding carboxylic acids is 2. The van der Waals surface area contributed by atoms with E-state index in [1.165, 1.54) is 36.8 Å². The van der Waals surface area contributed by atoms with Crippen LogP contribution in [0.4, 0.5) is 4.39 Å². The first-order chi connectivity index (χ1) is 15.0. The molecule has 158 valence electrons. The molecule has 0 saturated heterocycles. The van der Waals surface area contributed by atoms with Gasteiger partial charge in [-0.1, -0.05) is 6.92 Å². The summed E-state index contributed by atoms with van der Waals surface area (Å²) in [6, 6.07) is 5.51. The summed E-state index contributed by atoms with van der Waals surface area (Å²) in [6.07, 6.45) is 5.24. The fourth-order valence-corrected chi connectivity index (χ4v) is 4.05. The summed E-state index contributed by atoms with van der Waals surface area (Å²) >= 11 is 1.28. The van der Waals surface area contributed by atoms with E-state index in [-0.39, 0.29) is 23.5 Å². The zero-order valence-corrected chi connectivity index (χ0v) is 17.5. The van der Waals surface area contributed by atoms with Crippen LogP contribution < -0.4 is 5.32 Å². The van der Waals surface area contributed by atoms with Crippen LogP contribution in [0.25, 0.3) is 16.6 Å². The number of ether oxygens (including phenoxy) is 1. The molecule has 0 saturated carbocycles. The maximum absolute atomic E-state index is 13.2. The molecule has 0 aliphatic rings. The highest BCUT2D eigenvalue weighted by molar-refractivity contribution is 7.09. The first kappa shape index (κ1) is 20.6. The second kappa shape index (κ2) is 8.60. The largest absolute Gasteiger partial charge is 0.464 e. The molecule has 0 aliphatic heterocycles. The maximum atomic E-state index is 13.2. The van der Waals surface area contributed by atoms with Gasteiger partial charge in [0.05, 0.1) is 42.3 Å². The van der Waals surface area contributed by atoms with E-state index in [4.69, 9.17) is 0 Å². The second-order valence-electron chi connectivity index (χ2n) is 6.65. The van der Waals surface area contributed by atoms with Gasteiger partial charge in [-0.25, -0.2) is 18.9 Å². The lowest BCUT2D eigenvalue weighted by Gasteiger charge is -2.14. The summed E-state index contributed by atoms with van der Waals surface area (Å²) in [5.41, 5.74) is 1.84. The Morgan fingerprint density at radius 3 is 2.71 bits per heavy atom. The summed E-state index contributed by atoms with van der Waals surface area (Å²) in [5.74, 6) is -1.20. The van der Waals surface area contributed by atoms with Gasteiger partial charge in [0.1, 0.15) is 10.8 Å². The zero-order chi connectivity index (χ0) is 22.0. The number of pyridine rings is 1. The number of amides is 1. The molecule has 8 nitrogen and oxygen atoms in total. The monoisotopic (exact) mass is 439 g/mol. The van der Waals surface area contributed by atoms with Crippen molar-refractivity contribution in [2.75, 3.05) is 7.11 Å². The molecular weight excluding hydrogens is 421 g/mol. The minimum atomic E-state index is -0.522. The fourth-order valence-electron chi connectivity index (χ4n) is 3.13. The molecule has 0 radical (unpaired) electrons. The highest BCUT2D eigenvalue weighted by atomic mass is 32.1. The van der Waals surface area contributed by atoms with Gasteiger partial charge in [0, 0.05) is 17.0 Å². The van der Waals surface area contributed by atoms with E-state index < -0.39 is 5.97 Å². The summed E-state index contributed by atoms with van der Waals surface area (Å²) in [7, 11) is 1.29. The highest BCUT2D eigenvalue weighted by Crippen LogP contribution is 2.24. The van der Waals surface area contributed by atoms with Crippen molar-refractivity contribution in [2.45, 2.75) is 19.4 Å². The number of nitrogens with zero attached hydrogens (tertiary/aromatic N) is 4. The van der Waals surface area contributed by atoms with Gasteiger partial charge in [0.2, 0.25) is 0 Å². The lowest BCUT2D eigenvalue weighted by atomic mass is 10.1. The number of benzene rings is 1. The first-order valence-corrected chi connectivity index (χ1v) is 10.3. The van der Waals surface area contributed by atoms with Crippen LogP contribution in [0.5, 0.6) is 0 Å². The SMILES string of the molecule is CC[C@H](NC(=O)c1cncc2c1cnn2-c1ccc(F)cc1)c1nc(C(=O)OC)cs1. The summed E-state index contributed by atoms with van der Waals surface area (Å²) in [6.45, 7) is 1.91. The molecular formula is C21H18FN5O3S. The summed E-state index contributed by atoms with van der Waals surface area (Å²) in [4.78, 5) is 33.2. The Bertz CT molecular complexity index is 1250. The van der Waals surface area contributed by atoms with Gasteiger partial charge >= 0.3 is 5.97 Å². The number of thiazole rings is 1. The average Bonchev–Trinajstić information content (AvgIpc) is 3.45. The number of carbonyl (C=O) groups is 2. The van der Waals surface area contributed by atoms with E-state index in [1.54, 1.807) is 34.6 Å². The van der Waals surface area contributed by atoms with E-state index in [0.717, 1.165) is 0 Å². The fraction of sp³-hybridized carbons (Fsp3) is 0.190. The molecule has 0 fully saturated rings. The lowest BCUT2D eigenvalue weighted by Crippen LogP contribution is -2.28. The van der Waals surface area contributed by atoms with E-state index >= 15 is 0 Å². The summed E-state index contributed by atoms with van der Waals surface area (Å²) < 4.78 is 19.5. The third-order valence-corrected chi connectivity index (χ3v) is 5.70. The molecule has 0 aliphatic carbocycles. The van der Waals surface area contributed by atoms with Gasteiger partial charge in [-0.2, -0.15) is 5.10 Å². The Labute approximate surface area is 180 Å². The van der Waals surface area contributed by atoms with Gasteiger partial charge in [-0.15, -0.1) is 11.3 Å². The quantitative estimate of drug-likeness (QED) is 0.460. The zero-order valence-electron chi connectivity index (χ0n) is 16.7. The van der Waals surface area contributed by atoms with Crippen molar-refractivity contribution in [2.24, 2.45) is 0 Å². The lowest BCUT2D eigenvalue weighted by molar-refractivity contribution is 0.0594. The van der Waals surface area contributed by atoms with Crippen molar-refractivity contribution in [3.8, 4) is 5.69 Å². The maximum Gasteiger partial charge on any atom is 0.357 e. The standard InChI is InChI=1S/C21H18FN5O3S/c1-3-16(20-26-17(11-31-20)21(29)30-2)25-19(28)15-8-23-10-18-14(15)9-24-27(18)13-6-4-12(22)5-7-13/h4-11,16H,3H2,1-2H3,(H,25,28)/t16-/m0/s1. The van der Waals surface area contributed by atoms with E-state index in [1.807, 2.05) is 6.92 Å². The second-order valence-corrected chi connectivity index (χ2v) is 7.54. The summed E-state index contributed by atoms with van der Waals surface area (Å²) in [5, 5.41) is 10.1. The minimum Gasteiger partial charge on any atom is -0.464 e. The van der Waals surface area contributed by atoms with Gasteiger partial charge in [0.15, 0.2) is 5.69 Å². The van der Waals surface area contributed by atoms with Gasteiger partial charge in [-0.3, -0.25) is 9.78 Å². The van der Waals surface area contributed by atoms with Crippen molar-refractivity contribution < 1.29 is 18.7 Å². The number of hydrogen-bond donors (Lipinski definition) is 1. The Morgan fingerprint density at radius 2 is 2.00 bits per heavy atom. The van der Waals surface area contributed by atoms with Gasteiger partial charge in [0.25, 0.3) is 5.91 Å². The molecule has 1 N–H and O–H groups in total. The van der Waals surface area contributed by atoms with Crippen LogP contribution in [-0.2, 0) is 4.74 Å². The number of rotatable bonds is 6. The van der Waals surface area contributed by atoms with Crippen molar-refractivity contribution in [3.05, 3.63) is 70.3 Å². The molecule has 0 bridgehead atoms. The van der Waals surface area contributed by atoms with Crippen molar-refractivity contribution in [3.63, 3.8) is 0 Å². The average molecular weight is 439 g/mol. The van der Waals surface area contributed by atoms with Crippen molar-refractivity contribution in [1.82, 2.24) is 25.1 Å². The Morgan fingerprint density at radius 1 is 1.23 bits per heavy atom. The molecule has 3 aromatic heterocycles. The van der Waals surface area contributed by atoms with Crippen molar-refractivity contribution in [1.29, 1.82) is 0 Å². The number of aromatic nitrogens is 4. The number of hydrogen-bond acceptors (Lipinski definition) is 7. The van der Waals surface area contributed by atoms with Crippen LogP contribution in [-0.4, -0.2) is 38.7 Å². The smallest absolute Gasteiger partial charge is 0.357 e.